The third-order valence-corrected chi connectivity index (χ3v) is 5.74. The maximum absolute atomic E-state index is 9.30. The van der Waals surface area contributed by atoms with Crippen LogP contribution in [0.5, 0.6) is 0 Å². The Hall–Kier alpha value is -4.37. The molecule has 9 nitrogen and oxygen atoms in total. The van der Waals surface area contributed by atoms with E-state index >= 15 is 0 Å². The van der Waals surface area contributed by atoms with E-state index in [-0.39, 0.29) is 12.3 Å². The minimum absolute atomic E-state index is 0.0700. The van der Waals surface area contributed by atoms with E-state index < -0.39 is 5.54 Å². The van der Waals surface area contributed by atoms with E-state index in [9.17, 15) is 10.5 Å². The highest BCUT2D eigenvalue weighted by Crippen LogP contribution is 2.45. The summed E-state index contributed by atoms with van der Waals surface area (Å²) in [7, 11) is 0. The zero-order valence-corrected chi connectivity index (χ0v) is 16.5. The molecule has 0 radical (unpaired) electrons. The van der Waals surface area contributed by atoms with Crippen molar-refractivity contribution in [3.63, 3.8) is 0 Å². The highest BCUT2D eigenvalue weighted by Gasteiger charge is 2.48. The van der Waals surface area contributed by atoms with Crippen molar-refractivity contribution < 1.29 is 0 Å². The molecule has 0 spiro atoms. The number of pyridine rings is 1. The molecule has 3 aromatic heterocycles. The zero-order chi connectivity index (χ0) is 21.4. The van der Waals surface area contributed by atoms with E-state index in [2.05, 4.69) is 32.2 Å². The van der Waals surface area contributed by atoms with Gasteiger partial charge in [0.05, 0.1) is 47.4 Å². The molecule has 2 N–H and O–H groups in total. The second-order valence-electron chi connectivity index (χ2n) is 7.73. The lowest BCUT2D eigenvalue weighted by atomic mass is 9.68. The van der Waals surface area contributed by atoms with E-state index in [1.54, 1.807) is 23.3 Å². The number of hydrogen-bond acceptors (Lipinski definition) is 8. The summed E-state index contributed by atoms with van der Waals surface area (Å²) in [5.41, 5.74) is 9.15. The van der Waals surface area contributed by atoms with Gasteiger partial charge in [0.25, 0.3) is 0 Å². The van der Waals surface area contributed by atoms with Gasteiger partial charge in [-0.25, -0.2) is 9.97 Å². The molecule has 0 amide bonds. The summed E-state index contributed by atoms with van der Waals surface area (Å²) in [5, 5.41) is 28.6. The highest BCUT2D eigenvalue weighted by molar-refractivity contribution is 5.96. The van der Waals surface area contributed by atoms with Crippen LogP contribution in [0.2, 0.25) is 0 Å². The van der Waals surface area contributed by atoms with Crippen LogP contribution in [0.15, 0.2) is 49.1 Å². The first-order valence-corrected chi connectivity index (χ1v) is 9.78. The van der Waals surface area contributed by atoms with Gasteiger partial charge in [-0.3, -0.25) is 4.98 Å². The minimum atomic E-state index is -0.528. The van der Waals surface area contributed by atoms with E-state index in [0.717, 1.165) is 22.0 Å². The monoisotopic (exact) mass is 407 g/mol. The maximum Gasteiger partial charge on any atom is 0.127 e. The van der Waals surface area contributed by atoms with Crippen molar-refractivity contribution in [2.45, 2.75) is 24.8 Å². The quantitative estimate of drug-likeness (QED) is 0.543. The summed E-state index contributed by atoms with van der Waals surface area (Å²) >= 11 is 0. The number of nitrogens with zero attached hydrogens (tertiary/aromatic N) is 8. The molecule has 1 aliphatic carbocycles. The Morgan fingerprint density at radius 3 is 2.77 bits per heavy atom. The van der Waals surface area contributed by atoms with Crippen molar-refractivity contribution in [2.24, 2.45) is 5.92 Å². The summed E-state index contributed by atoms with van der Waals surface area (Å²) in [6, 6.07) is 14.0. The van der Waals surface area contributed by atoms with Gasteiger partial charge < -0.3 is 5.73 Å². The summed E-state index contributed by atoms with van der Waals surface area (Å²) in [4.78, 5) is 14.4. The van der Waals surface area contributed by atoms with Crippen LogP contribution >= 0.6 is 0 Å². The lowest BCUT2D eigenvalue weighted by Gasteiger charge is -2.42. The first-order chi connectivity index (χ1) is 15.1. The molecule has 0 bridgehead atoms. The van der Waals surface area contributed by atoms with E-state index in [1.165, 1.54) is 6.33 Å². The Balaban J connectivity index is 1.63. The predicted octanol–water partition coefficient (Wildman–Crippen LogP) is 3.08. The number of nitrogen functional groups attached to an aromatic ring is 1. The number of nitrogens with two attached hydrogens (primary N) is 1. The smallest absolute Gasteiger partial charge is 0.127 e. The maximum atomic E-state index is 9.30. The molecule has 1 fully saturated rings. The number of benzene rings is 1. The molecule has 0 atom stereocenters. The fourth-order valence-corrected chi connectivity index (χ4v) is 4.16. The van der Waals surface area contributed by atoms with Gasteiger partial charge in [-0.2, -0.15) is 25.5 Å². The van der Waals surface area contributed by atoms with Crippen LogP contribution in [0.4, 0.5) is 5.82 Å². The Morgan fingerprint density at radius 1 is 1.13 bits per heavy atom. The fourth-order valence-electron chi connectivity index (χ4n) is 4.16. The molecule has 3 heterocycles. The molecule has 4 aromatic rings. The first-order valence-electron chi connectivity index (χ1n) is 9.78. The number of rotatable bonds is 4. The topological polar surface area (TPSA) is 143 Å². The molecule has 9 heteroatoms. The second kappa shape index (κ2) is 7.15. The van der Waals surface area contributed by atoms with Crippen LogP contribution in [0, 0.1) is 28.6 Å². The third-order valence-electron chi connectivity index (χ3n) is 5.74. The predicted molar refractivity (Wildman–Crippen MR) is 113 cm³/mol. The summed E-state index contributed by atoms with van der Waals surface area (Å²) < 4.78 is 0. The molecule has 1 aliphatic rings. The highest BCUT2D eigenvalue weighted by atomic mass is 15.5. The molecule has 1 saturated carbocycles. The van der Waals surface area contributed by atoms with Crippen LogP contribution in [-0.2, 0) is 5.54 Å². The number of aromatic nitrogens is 6. The van der Waals surface area contributed by atoms with Crippen molar-refractivity contribution in [1.82, 2.24) is 29.9 Å². The summed E-state index contributed by atoms with van der Waals surface area (Å²) in [5.74, 6) is 0.313. The minimum Gasteiger partial charge on any atom is -0.384 e. The van der Waals surface area contributed by atoms with Crippen LogP contribution in [0.1, 0.15) is 19.3 Å². The Bertz CT molecular complexity index is 1370. The number of hydrogen-bond donors (Lipinski definition) is 1. The Labute approximate surface area is 177 Å². The summed E-state index contributed by atoms with van der Waals surface area (Å²) in [6.07, 6.45) is 6.28. The number of nitriles is 2. The molecule has 0 aliphatic heterocycles. The average Bonchev–Trinajstić information content (AvgIpc) is 3.25. The SMILES string of the molecule is N#CC[C@]1(n2ncc(-c3cc(-c4cc(N)ncn4)cc4ncccc34)n2)C[C@@H](C#N)C1. The molecule has 1 aromatic carbocycles. The normalized spacial score (nSPS) is 20.0. The van der Waals surface area contributed by atoms with Gasteiger partial charge in [0.2, 0.25) is 0 Å². The molecule has 5 rings (SSSR count). The molecular formula is C22H17N9. The van der Waals surface area contributed by atoms with E-state index in [4.69, 9.17) is 10.8 Å². The number of anilines is 1. The molecule has 0 saturated heterocycles. The van der Waals surface area contributed by atoms with Gasteiger partial charge in [0, 0.05) is 28.8 Å². The molecule has 0 unspecified atom stereocenters. The third kappa shape index (κ3) is 3.13. The largest absolute Gasteiger partial charge is 0.384 e. The average molecular weight is 407 g/mol. The lowest BCUT2D eigenvalue weighted by molar-refractivity contribution is 0.0713. The van der Waals surface area contributed by atoms with Gasteiger partial charge in [0.15, 0.2) is 0 Å². The molecule has 31 heavy (non-hydrogen) atoms. The van der Waals surface area contributed by atoms with Crippen LogP contribution in [-0.4, -0.2) is 29.9 Å². The van der Waals surface area contributed by atoms with Crippen molar-refractivity contribution in [3.8, 4) is 34.7 Å². The van der Waals surface area contributed by atoms with Gasteiger partial charge in [-0.1, -0.05) is 6.07 Å². The summed E-state index contributed by atoms with van der Waals surface area (Å²) in [6.45, 7) is 0. The van der Waals surface area contributed by atoms with Gasteiger partial charge >= 0.3 is 0 Å². The van der Waals surface area contributed by atoms with Crippen LogP contribution < -0.4 is 5.73 Å². The zero-order valence-electron chi connectivity index (χ0n) is 16.5. The van der Waals surface area contributed by atoms with Gasteiger partial charge in [-0.05, 0) is 31.0 Å². The van der Waals surface area contributed by atoms with Crippen molar-refractivity contribution >= 4 is 16.7 Å². The van der Waals surface area contributed by atoms with Crippen molar-refractivity contribution in [1.29, 1.82) is 10.5 Å². The van der Waals surface area contributed by atoms with E-state index in [0.29, 0.717) is 30.0 Å². The fraction of sp³-hybridized carbons (Fsp3) is 0.227. The first kappa shape index (κ1) is 18.6. The molecular weight excluding hydrogens is 390 g/mol. The second-order valence-corrected chi connectivity index (χ2v) is 7.73. The molecule has 150 valence electrons. The lowest BCUT2D eigenvalue weighted by Crippen LogP contribution is -2.47. The van der Waals surface area contributed by atoms with E-state index in [1.807, 2.05) is 24.3 Å². The van der Waals surface area contributed by atoms with Gasteiger partial charge in [-0.15, -0.1) is 0 Å². The van der Waals surface area contributed by atoms with Crippen LogP contribution in [0.3, 0.4) is 0 Å². The van der Waals surface area contributed by atoms with Crippen LogP contribution in [0.25, 0.3) is 33.4 Å². The van der Waals surface area contributed by atoms with Crippen molar-refractivity contribution in [3.05, 3.63) is 49.1 Å². The number of fused-ring (bicyclic) bond motifs is 1. The van der Waals surface area contributed by atoms with Crippen molar-refractivity contribution in [2.75, 3.05) is 5.73 Å². The Morgan fingerprint density at radius 2 is 2.00 bits per heavy atom. The Kier molecular flexibility index (Phi) is 4.30. The van der Waals surface area contributed by atoms with Gasteiger partial charge in [0.1, 0.15) is 17.8 Å². The standard InChI is InChI=1S/C22H17N9/c23-4-3-22(9-14(10-22)11-24)31-29-12-20(30-31)17-6-15(18-8-21(25)28-13-27-18)7-19-16(17)2-1-5-26-19/h1-2,5-8,12-14H,3,9-10H2,(H2,25,27,28)/t14-,22+.